The van der Waals surface area contributed by atoms with E-state index in [1.165, 1.54) is 12.1 Å². The van der Waals surface area contributed by atoms with E-state index in [4.69, 9.17) is 0 Å². The zero-order valence-corrected chi connectivity index (χ0v) is 15.4. The van der Waals surface area contributed by atoms with Gasteiger partial charge in [0.25, 0.3) is 0 Å². The highest BCUT2D eigenvalue weighted by Crippen LogP contribution is 2.33. The molecule has 0 saturated carbocycles. The lowest BCUT2D eigenvalue weighted by molar-refractivity contribution is 0.159. The summed E-state index contributed by atoms with van der Waals surface area (Å²) < 4.78 is 28.8. The summed E-state index contributed by atoms with van der Waals surface area (Å²) in [5.41, 5.74) is 0.170. The predicted octanol–water partition coefficient (Wildman–Crippen LogP) is 4.48. The van der Waals surface area contributed by atoms with Crippen molar-refractivity contribution in [3.8, 4) is 0 Å². The second kappa shape index (κ2) is 10.6. The highest BCUT2D eigenvalue weighted by molar-refractivity contribution is 9.10. The van der Waals surface area contributed by atoms with Gasteiger partial charge in [-0.05, 0) is 40.9 Å². The van der Waals surface area contributed by atoms with Gasteiger partial charge in [0.15, 0.2) is 0 Å². The van der Waals surface area contributed by atoms with Crippen molar-refractivity contribution in [1.29, 1.82) is 0 Å². The molecule has 0 radical (unpaired) electrons. The summed E-state index contributed by atoms with van der Waals surface area (Å²) in [4.78, 5) is 2.15. The minimum absolute atomic E-state index is 0. The van der Waals surface area contributed by atoms with Crippen LogP contribution in [0.1, 0.15) is 24.4 Å². The van der Waals surface area contributed by atoms with Gasteiger partial charge in [0, 0.05) is 37.8 Å². The Morgan fingerprint density at radius 3 is 2.50 bits per heavy atom. The fourth-order valence-electron chi connectivity index (χ4n) is 2.63. The monoisotopic (exact) mass is 416 g/mol. The Morgan fingerprint density at radius 2 is 1.91 bits per heavy atom. The van der Waals surface area contributed by atoms with Crippen molar-refractivity contribution in [3.05, 3.63) is 46.5 Å². The Balaban J connectivity index is 0.00000220. The van der Waals surface area contributed by atoms with E-state index in [-0.39, 0.29) is 36.4 Å². The standard InChI is InChI=1S/C15H19BrF2N2.2ClH/c1-2-3-4-13(20-9-7-19-8-10-20)14-12(17)6-5-11(16)15(14)18;;/h2,5-6,13,19H,1,3-4,7-10H2;2*1H/t13-;;/m0../s1. The van der Waals surface area contributed by atoms with E-state index in [0.29, 0.717) is 10.9 Å². The smallest absolute Gasteiger partial charge is 0.145 e. The van der Waals surface area contributed by atoms with Crippen molar-refractivity contribution in [3.63, 3.8) is 0 Å². The topological polar surface area (TPSA) is 15.3 Å². The molecule has 1 aliphatic heterocycles. The summed E-state index contributed by atoms with van der Waals surface area (Å²) in [6, 6.07) is 2.50. The third-order valence-electron chi connectivity index (χ3n) is 3.65. The largest absolute Gasteiger partial charge is 0.314 e. The minimum atomic E-state index is -0.488. The highest BCUT2D eigenvalue weighted by Gasteiger charge is 2.27. The van der Waals surface area contributed by atoms with Crippen molar-refractivity contribution in [2.45, 2.75) is 18.9 Å². The van der Waals surface area contributed by atoms with Crippen molar-refractivity contribution in [1.82, 2.24) is 10.2 Å². The van der Waals surface area contributed by atoms with Crippen LogP contribution in [-0.4, -0.2) is 31.1 Å². The maximum Gasteiger partial charge on any atom is 0.145 e. The molecule has 1 aromatic rings. The summed E-state index contributed by atoms with van der Waals surface area (Å²) in [5, 5.41) is 3.26. The lowest BCUT2D eigenvalue weighted by Crippen LogP contribution is -2.45. The normalized spacial score (nSPS) is 16.3. The van der Waals surface area contributed by atoms with Crippen molar-refractivity contribution in [2.75, 3.05) is 26.2 Å². The van der Waals surface area contributed by atoms with E-state index in [2.05, 4.69) is 32.7 Å². The Kier molecular flexibility index (Phi) is 10.5. The Morgan fingerprint density at radius 1 is 1.27 bits per heavy atom. The fourth-order valence-corrected chi connectivity index (χ4v) is 2.97. The van der Waals surface area contributed by atoms with Crippen molar-refractivity contribution >= 4 is 40.7 Å². The van der Waals surface area contributed by atoms with E-state index >= 15 is 0 Å². The number of piperazine rings is 1. The van der Waals surface area contributed by atoms with E-state index in [0.717, 1.165) is 32.6 Å². The molecule has 1 saturated heterocycles. The minimum Gasteiger partial charge on any atom is -0.314 e. The molecule has 22 heavy (non-hydrogen) atoms. The number of halogens is 5. The van der Waals surface area contributed by atoms with Gasteiger partial charge in [-0.15, -0.1) is 31.4 Å². The zero-order chi connectivity index (χ0) is 14.5. The van der Waals surface area contributed by atoms with Gasteiger partial charge in [0.2, 0.25) is 0 Å². The van der Waals surface area contributed by atoms with Crippen LogP contribution in [0.5, 0.6) is 0 Å². The molecular weight excluding hydrogens is 397 g/mol. The van der Waals surface area contributed by atoms with Gasteiger partial charge in [-0.25, -0.2) is 8.78 Å². The molecule has 1 aromatic carbocycles. The molecule has 1 heterocycles. The molecule has 0 unspecified atom stereocenters. The molecule has 126 valence electrons. The molecule has 1 N–H and O–H groups in total. The van der Waals surface area contributed by atoms with Crippen LogP contribution in [0.15, 0.2) is 29.3 Å². The average Bonchev–Trinajstić information content (AvgIpc) is 2.47. The Hall–Kier alpha value is -0.200. The molecule has 0 aromatic heterocycles. The summed E-state index contributed by atoms with van der Waals surface area (Å²) >= 11 is 3.15. The number of benzene rings is 1. The zero-order valence-electron chi connectivity index (χ0n) is 12.2. The molecule has 0 bridgehead atoms. The first-order chi connectivity index (χ1) is 9.65. The van der Waals surface area contributed by atoms with Crippen LogP contribution in [0.3, 0.4) is 0 Å². The Labute approximate surface area is 151 Å². The number of allylic oxidation sites excluding steroid dienone is 1. The fraction of sp³-hybridized carbons (Fsp3) is 0.467. The van der Waals surface area contributed by atoms with Gasteiger partial charge < -0.3 is 5.32 Å². The van der Waals surface area contributed by atoms with Crippen LogP contribution in [0.2, 0.25) is 0 Å². The summed E-state index contributed by atoms with van der Waals surface area (Å²) in [6.45, 7) is 7.00. The molecule has 1 atom stereocenters. The third-order valence-corrected chi connectivity index (χ3v) is 4.26. The van der Waals surface area contributed by atoms with E-state index in [1.54, 1.807) is 6.08 Å². The van der Waals surface area contributed by atoms with Crippen LogP contribution in [-0.2, 0) is 0 Å². The van der Waals surface area contributed by atoms with Crippen LogP contribution >= 0.6 is 40.7 Å². The van der Waals surface area contributed by atoms with E-state index < -0.39 is 11.6 Å². The van der Waals surface area contributed by atoms with Gasteiger partial charge in [0.05, 0.1) is 4.47 Å². The first kappa shape index (κ1) is 21.8. The molecule has 0 amide bonds. The SMILES string of the molecule is C=CCC[C@@H](c1c(F)ccc(Br)c1F)N1CCNCC1.Cl.Cl. The predicted molar refractivity (Wildman–Crippen MR) is 95.2 cm³/mol. The molecule has 2 nitrogen and oxygen atoms in total. The molecule has 1 aliphatic rings. The number of nitrogens with one attached hydrogen (secondary N) is 1. The maximum absolute atomic E-state index is 14.3. The highest BCUT2D eigenvalue weighted by atomic mass is 79.9. The van der Waals surface area contributed by atoms with Crippen molar-refractivity contribution in [2.24, 2.45) is 0 Å². The Bertz CT molecular complexity index is 483. The molecular formula is C15H21BrCl2F2N2. The van der Waals surface area contributed by atoms with Crippen LogP contribution in [0, 0.1) is 11.6 Å². The van der Waals surface area contributed by atoms with Gasteiger partial charge in [-0.3, -0.25) is 4.90 Å². The number of rotatable bonds is 5. The first-order valence-electron chi connectivity index (χ1n) is 6.84. The number of nitrogens with zero attached hydrogens (tertiary/aromatic N) is 1. The van der Waals surface area contributed by atoms with Gasteiger partial charge in [0.1, 0.15) is 11.6 Å². The third kappa shape index (κ3) is 5.17. The summed E-state index contributed by atoms with van der Waals surface area (Å²) in [6.07, 6.45) is 3.21. The van der Waals surface area contributed by atoms with Crippen LogP contribution < -0.4 is 5.32 Å². The van der Waals surface area contributed by atoms with E-state index in [9.17, 15) is 8.78 Å². The number of hydrogen-bond acceptors (Lipinski definition) is 2. The lowest BCUT2D eigenvalue weighted by Gasteiger charge is -2.35. The second-order valence-corrected chi connectivity index (χ2v) is 5.78. The van der Waals surface area contributed by atoms with Crippen LogP contribution in [0.4, 0.5) is 8.78 Å². The maximum atomic E-state index is 14.3. The molecule has 0 aliphatic carbocycles. The molecule has 0 spiro atoms. The van der Waals surface area contributed by atoms with E-state index in [1.807, 2.05) is 0 Å². The summed E-state index contributed by atoms with van der Waals surface area (Å²) in [5.74, 6) is -0.962. The van der Waals surface area contributed by atoms with Crippen LogP contribution in [0.25, 0.3) is 0 Å². The quantitative estimate of drug-likeness (QED) is 0.561. The number of hydrogen-bond donors (Lipinski definition) is 1. The van der Waals surface area contributed by atoms with Crippen molar-refractivity contribution < 1.29 is 8.78 Å². The molecule has 1 fully saturated rings. The molecule has 7 heteroatoms. The summed E-state index contributed by atoms with van der Waals surface area (Å²) in [7, 11) is 0. The average molecular weight is 418 g/mol. The molecule has 2 rings (SSSR count). The van der Waals surface area contributed by atoms with Gasteiger partial charge in [-0.1, -0.05) is 6.08 Å². The lowest BCUT2D eigenvalue weighted by atomic mass is 9.98. The van der Waals surface area contributed by atoms with Gasteiger partial charge in [-0.2, -0.15) is 0 Å². The first-order valence-corrected chi connectivity index (χ1v) is 7.63. The van der Waals surface area contributed by atoms with Gasteiger partial charge >= 0.3 is 0 Å². The second-order valence-electron chi connectivity index (χ2n) is 4.92.